The molecule has 1 aromatic rings. The summed E-state index contributed by atoms with van der Waals surface area (Å²) in [6, 6.07) is 11.8. The van der Waals surface area contributed by atoms with E-state index in [4.69, 9.17) is 11.6 Å². The third-order valence-electron chi connectivity index (χ3n) is 1.53. The zero-order chi connectivity index (χ0) is 7.94. The van der Waals surface area contributed by atoms with E-state index in [1.54, 1.807) is 0 Å². The van der Waals surface area contributed by atoms with Crippen LogP contribution >= 0.6 is 11.6 Å². The molecule has 0 unspecified atom stereocenters. The minimum atomic E-state index is 0.812. The first-order valence-corrected chi connectivity index (χ1v) is 5.69. The maximum atomic E-state index is 5.58. The standard InChI is InChI=1S/C9H11ClSi/c10-8-11-7-6-9-4-2-1-3-5-9/h1-5H,6-8H2. The molecule has 0 saturated carbocycles. The lowest BCUT2D eigenvalue weighted by atomic mass is 10.2. The topological polar surface area (TPSA) is 0 Å². The number of hydrogen-bond acceptors (Lipinski definition) is 0. The molecule has 1 rings (SSSR count). The zero-order valence-corrected chi connectivity index (χ0v) is 8.14. The second kappa shape index (κ2) is 5.39. The molecule has 0 spiro atoms. The molecule has 0 aliphatic rings. The first kappa shape index (κ1) is 8.82. The van der Waals surface area contributed by atoms with Crippen LogP contribution in [0.1, 0.15) is 5.56 Å². The van der Waals surface area contributed by atoms with Crippen molar-refractivity contribution in [1.29, 1.82) is 0 Å². The van der Waals surface area contributed by atoms with E-state index in [1.165, 1.54) is 18.0 Å². The number of aryl methyl sites for hydroxylation is 1. The smallest absolute Gasteiger partial charge is 0.0578 e. The molecular weight excluding hydrogens is 172 g/mol. The van der Waals surface area contributed by atoms with E-state index >= 15 is 0 Å². The average molecular weight is 183 g/mol. The Morgan fingerprint density at radius 1 is 1.18 bits per heavy atom. The molecule has 0 N–H and O–H groups in total. The monoisotopic (exact) mass is 182 g/mol. The third kappa shape index (κ3) is 3.59. The Morgan fingerprint density at radius 2 is 1.91 bits per heavy atom. The molecule has 0 saturated heterocycles. The summed E-state index contributed by atoms with van der Waals surface area (Å²) in [5, 5.41) is 0. The first-order chi connectivity index (χ1) is 5.43. The fourth-order valence-corrected chi connectivity index (χ4v) is 1.94. The average Bonchev–Trinajstić information content (AvgIpc) is 2.07. The Labute approximate surface area is 75.4 Å². The summed E-state index contributed by atoms with van der Waals surface area (Å²) in [7, 11) is 0.906. The van der Waals surface area contributed by atoms with Gasteiger partial charge < -0.3 is 0 Å². The summed E-state index contributed by atoms with van der Waals surface area (Å²) in [5.74, 6) is 0. The van der Waals surface area contributed by atoms with Crippen molar-refractivity contribution in [2.75, 3.05) is 5.50 Å². The van der Waals surface area contributed by atoms with Gasteiger partial charge in [-0.2, -0.15) is 0 Å². The van der Waals surface area contributed by atoms with Crippen molar-refractivity contribution < 1.29 is 0 Å². The van der Waals surface area contributed by atoms with Gasteiger partial charge in [-0.05, 0) is 12.0 Å². The van der Waals surface area contributed by atoms with Gasteiger partial charge in [-0.3, -0.25) is 0 Å². The van der Waals surface area contributed by atoms with Crippen molar-refractivity contribution in [3.63, 3.8) is 0 Å². The van der Waals surface area contributed by atoms with Crippen LogP contribution in [0, 0.1) is 0 Å². The van der Waals surface area contributed by atoms with E-state index in [0.29, 0.717) is 0 Å². The highest BCUT2D eigenvalue weighted by molar-refractivity contribution is 6.50. The quantitative estimate of drug-likeness (QED) is 0.382. The van der Waals surface area contributed by atoms with Crippen molar-refractivity contribution in [3.05, 3.63) is 35.9 Å². The largest absolute Gasteiger partial charge is 0.131 e. The van der Waals surface area contributed by atoms with Gasteiger partial charge in [0.25, 0.3) is 0 Å². The van der Waals surface area contributed by atoms with Gasteiger partial charge in [0.2, 0.25) is 0 Å². The first-order valence-electron chi connectivity index (χ1n) is 3.74. The summed E-state index contributed by atoms with van der Waals surface area (Å²) < 4.78 is 0. The predicted octanol–water partition coefficient (Wildman–Crippen LogP) is 2.55. The molecule has 58 valence electrons. The van der Waals surface area contributed by atoms with E-state index in [2.05, 4.69) is 24.3 Å². The van der Waals surface area contributed by atoms with Crippen molar-refractivity contribution >= 4 is 21.1 Å². The van der Waals surface area contributed by atoms with E-state index in [0.717, 1.165) is 15.0 Å². The minimum Gasteiger partial charge on any atom is -0.131 e. The third-order valence-corrected chi connectivity index (χ3v) is 2.89. The maximum absolute atomic E-state index is 5.58. The molecule has 0 amide bonds. The van der Waals surface area contributed by atoms with Crippen LogP contribution in [-0.2, 0) is 6.42 Å². The molecule has 2 heteroatoms. The number of rotatable bonds is 4. The van der Waals surface area contributed by atoms with E-state index in [9.17, 15) is 0 Å². The van der Waals surface area contributed by atoms with E-state index < -0.39 is 0 Å². The lowest BCUT2D eigenvalue weighted by Gasteiger charge is -1.97. The van der Waals surface area contributed by atoms with Gasteiger partial charge in [-0.1, -0.05) is 36.4 Å². The Balaban J connectivity index is 2.28. The van der Waals surface area contributed by atoms with Gasteiger partial charge in [0, 0.05) is 5.50 Å². The Bertz CT molecular complexity index is 186. The predicted molar refractivity (Wildman–Crippen MR) is 51.4 cm³/mol. The molecule has 0 fully saturated rings. The summed E-state index contributed by atoms with van der Waals surface area (Å²) >= 11 is 5.58. The highest BCUT2D eigenvalue weighted by Crippen LogP contribution is 2.01. The van der Waals surface area contributed by atoms with Crippen LogP contribution < -0.4 is 0 Å². The molecule has 0 aliphatic heterocycles. The molecule has 0 bridgehead atoms. The maximum Gasteiger partial charge on any atom is 0.0578 e. The number of hydrogen-bond donors (Lipinski definition) is 0. The number of halogens is 1. The Hall–Kier alpha value is -0.273. The van der Waals surface area contributed by atoms with Gasteiger partial charge in [-0.15, -0.1) is 11.6 Å². The second-order valence-corrected chi connectivity index (χ2v) is 4.44. The van der Waals surface area contributed by atoms with Crippen LogP contribution in [0.3, 0.4) is 0 Å². The SMILES string of the molecule is ClC[Si]CCc1ccccc1. The van der Waals surface area contributed by atoms with Crippen LogP contribution in [-0.4, -0.2) is 15.0 Å². The van der Waals surface area contributed by atoms with E-state index in [1.807, 2.05) is 6.07 Å². The highest BCUT2D eigenvalue weighted by Gasteiger charge is 1.90. The lowest BCUT2D eigenvalue weighted by molar-refractivity contribution is 1.12. The Kier molecular flexibility index (Phi) is 4.32. The fourth-order valence-electron chi connectivity index (χ4n) is 0.944. The van der Waals surface area contributed by atoms with Gasteiger partial charge in [0.05, 0.1) is 9.52 Å². The van der Waals surface area contributed by atoms with Crippen molar-refractivity contribution in [1.82, 2.24) is 0 Å². The second-order valence-electron chi connectivity index (χ2n) is 2.37. The van der Waals surface area contributed by atoms with E-state index in [-0.39, 0.29) is 0 Å². The molecule has 0 atom stereocenters. The van der Waals surface area contributed by atoms with Crippen LogP contribution in [0.5, 0.6) is 0 Å². The van der Waals surface area contributed by atoms with Crippen molar-refractivity contribution in [2.24, 2.45) is 0 Å². The van der Waals surface area contributed by atoms with Gasteiger partial charge in [0.1, 0.15) is 0 Å². The van der Waals surface area contributed by atoms with Crippen LogP contribution in [0.4, 0.5) is 0 Å². The fraction of sp³-hybridized carbons (Fsp3) is 0.333. The molecule has 0 aromatic heterocycles. The molecule has 1 aromatic carbocycles. The normalized spacial score (nSPS) is 9.91. The zero-order valence-electron chi connectivity index (χ0n) is 6.39. The van der Waals surface area contributed by atoms with Gasteiger partial charge in [-0.25, -0.2) is 0 Å². The number of benzene rings is 1. The summed E-state index contributed by atoms with van der Waals surface area (Å²) in [6.45, 7) is 0. The molecule has 2 radical (unpaired) electrons. The van der Waals surface area contributed by atoms with Crippen molar-refractivity contribution in [3.8, 4) is 0 Å². The van der Waals surface area contributed by atoms with Gasteiger partial charge in [0.15, 0.2) is 0 Å². The molecule has 0 nitrogen and oxygen atoms in total. The molecule has 0 heterocycles. The minimum absolute atomic E-state index is 0.812. The van der Waals surface area contributed by atoms with Gasteiger partial charge >= 0.3 is 0 Å². The summed E-state index contributed by atoms with van der Waals surface area (Å²) in [4.78, 5) is 0. The van der Waals surface area contributed by atoms with Crippen LogP contribution in [0.25, 0.3) is 0 Å². The van der Waals surface area contributed by atoms with Crippen LogP contribution in [0.15, 0.2) is 30.3 Å². The lowest BCUT2D eigenvalue weighted by Crippen LogP contribution is -1.93. The highest BCUT2D eigenvalue weighted by atomic mass is 35.5. The molecule has 0 aliphatic carbocycles. The Morgan fingerprint density at radius 3 is 2.55 bits per heavy atom. The van der Waals surface area contributed by atoms with Crippen LogP contribution in [0.2, 0.25) is 6.04 Å². The molecule has 11 heavy (non-hydrogen) atoms. The summed E-state index contributed by atoms with van der Waals surface area (Å²) in [6.07, 6.45) is 1.17. The molecular formula is C9H11ClSi. The van der Waals surface area contributed by atoms with Crippen molar-refractivity contribution in [2.45, 2.75) is 12.5 Å². The number of alkyl halides is 1. The summed E-state index contributed by atoms with van der Waals surface area (Å²) in [5.41, 5.74) is 2.23.